The Bertz CT molecular complexity index is 1190. The van der Waals surface area contributed by atoms with Crippen LogP contribution in [0.1, 0.15) is 60.8 Å². The summed E-state index contributed by atoms with van der Waals surface area (Å²) in [6.45, 7) is 1.77. The molecule has 2 heterocycles. The van der Waals surface area contributed by atoms with Crippen molar-refractivity contribution in [2.75, 3.05) is 19.7 Å². The van der Waals surface area contributed by atoms with Crippen molar-refractivity contribution in [2.24, 2.45) is 0 Å². The summed E-state index contributed by atoms with van der Waals surface area (Å²) >= 11 is 0. The second-order valence-electron chi connectivity index (χ2n) is 9.76. The normalized spacial score (nSPS) is 25.0. The number of urea groups is 1. The van der Waals surface area contributed by atoms with Crippen molar-refractivity contribution in [1.82, 2.24) is 15.1 Å². The molecular weight excluding hydrogens is 466 g/mol. The molecule has 0 aromatic heterocycles. The predicted molar refractivity (Wildman–Crippen MR) is 127 cm³/mol. The summed E-state index contributed by atoms with van der Waals surface area (Å²) in [5.41, 5.74) is 2.19. The van der Waals surface area contributed by atoms with Gasteiger partial charge in [0.05, 0.1) is 11.6 Å². The van der Waals surface area contributed by atoms with Crippen LogP contribution in [0.4, 0.5) is 18.4 Å². The molecule has 3 fully saturated rings. The standard InChI is InChI=1S/C27H28F2N4O3/c28-23-8-5-18(13-24(23)29)25-16-36-27(35)33(25)26(34)31-20-6-7-21(14-20)32-11-9-17(10-12-32)22-4-2-1-3-19(22)15-30/h1-5,8,13,17,20-21,25H,6-7,9-12,14,16H2,(H,31,34)/t20-,21+,25+/m0/s1. The van der Waals surface area contributed by atoms with Crippen molar-refractivity contribution in [3.8, 4) is 6.07 Å². The minimum atomic E-state index is -1.04. The van der Waals surface area contributed by atoms with Crippen LogP contribution in [-0.4, -0.2) is 53.7 Å². The second kappa shape index (κ2) is 10.2. The molecule has 5 rings (SSSR count). The molecule has 2 aliphatic heterocycles. The fourth-order valence-electron chi connectivity index (χ4n) is 5.81. The third-order valence-corrected chi connectivity index (χ3v) is 7.72. The van der Waals surface area contributed by atoms with Crippen LogP contribution in [0.15, 0.2) is 42.5 Å². The van der Waals surface area contributed by atoms with Crippen molar-refractivity contribution in [2.45, 2.75) is 56.1 Å². The van der Waals surface area contributed by atoms with Crippen LogP contribution in [0, 0.1) is 23.0 Å². The number of cyclic esters (lactones) is 1. The maximum Gasteiger partial charge on any atom is 0.418 e. The summed E-state index contributed by atoms with van der Waals surface area (Å²) in [7, 11) is 0. The number of nitrogens with one attached hydrogen (secondary N) is 1. The minimum Gasteiger partial charge on any atom is -0.446 e. The third kappa shape index (κ3) is 4.78. The zero-order valence-corrected chi connectivity index (χ0v) is 19.8. The van der Waals surface area contributed by atoms with Crippen LogP contribution in [0.25, 0.3) is 0 Å². The van der Waals surface area contributed by atoms with E-state index in [1.54, 1.807) is 0 Å². The van der Waals surface area contributed by atoms with E-state index in [4.69, 9.17) is 4.74 Å². The van der Waals surface area contributed by atoms with E-state index in [0.29, 0.717) is 17.5 Å². The molecule has 0 unspecified atom stereocenters. The summed E-state index contributed by atoms with van der Waals surface area (Å²) in [6.07, 6.45) is 3.71. The minimum absolute atomic E-state index is 0.0847. The Morgan fingerprint density at radius 2 is 1.83 bits per heavy atom. The van der Waals surface area contributed by atoms with Crippen LogP contribution in [0.3, 0.4) is 0 Å². The molecule has 1 saturated carbocycles. The molecule has 9 heteroatoms. The van der Waals surface area contributed by atoms with Crippen LogP contribution in [0.5, 0.6) is 0 Å². The topological polar surface area (TPSA) is 85.7 Å². The molecule has 0 bridgehead atoms. The maximum atomic E-state index is 13.7. The van der Waals surface area contributed by atoms with Gasteiger partial charge in [0, 0.05) is 12.1 Å². The third-order valence-electron chi connectivity index (χ3n) is 7.72. The molecule has 1 aliphatic carbocycles. The van der Waals surface area contributed by atoms with Gasteiger partial charge in [0.25, 0.3) is 0 Å². The van der Waals surface area contributed by atoms with Crippen LogP contribution < -0.4 is 5.32 Å². The number of carbonyl (C=O) groups is 2. The molecule has 7 nitrogen and oxygen atoms in total. The molecule has 3 atom stereocenters. The van der Waals surface area contributed by atoms with E-state index in [9.17, 15) is 23.6 Å². The SMILES string of the molecule is N#Cc1ccccc1C1CCN([C@@H]2CC[C@H](NC(=O)N3C(=O)OC[C@@H]3c3ccc(F)c(F)c3)C2)CC1. The number of hydrogen-bond acceptors (Lipinski definition) is 5. The fourth-order valence-corrected chi connectivity index (χ4v) is 5.81. The van der Waals surface area contributed by atoms with Crippen molar-refractivity contribution in [3.05, 3.63) is 70.8 Å². The predicted octanol–water partition coefficient (Wildman–Crippen LogP) is 4.84. The number of carbonyl (C=O) groups excluding carboxylic acids is 2. The zero-order valence-electron chi connectivity index (χ0n) is 19.8. The van der Waals surface area contributed by atoms with Gasteiger partial charge in [0.1, 0.15) is 12.6 Å². The molecular formula is C27H28F2N4O3. The number of halogens is 2. The zero-order chi connectivity index (χ0) is 25.2. The molecule has 0 radical (unpaired) electrons. The molecule has 0 spiro atoms. The van der Waals surface area contributed by atoms with E-state index in [0.717, 1.165) is 73.4 Å². The molecule has 2 aromatic carbocycles. The van der Waals surface area contributed by atoms with Gasteiger partial charge in [-0.2, -0.15) is 5.26 Å². The van der Waals surface area contributed by atoms with Gasteiger partial charge in [-0.15, -0.1) is 0 Å². The highest BCUT2D eigenvalue weighted by Gasteiger charge is 2.41. The largest absolute Gasteiger partial charge is 0.446 e. The van der Waals surface area contributed by atoms with Gasteiger partial charge in [-0.3, -0.25) is 0 Å². The Morgan fingerprint density at radius 3 is 2.58 bits per heavy atom. The van der Waals surface area contributed by atoms with Crippen molar-refractivity contribution < 1.29 is 23.1 Å². The second-order valence-corrected chi connectivity index (χ2v) is 9.76. The Labute approximate surface area is 208 Å². The van der Waals surface area contributed by atoms with Crippen LogP contribution >= 0.6 is 0 Å². The molecule has 3 aliphatic rings. The molecule has 3 amide bonds. The number of nitriles is 1. The van der Waals surface area contributed by atoms with Crippen LogP contribution in [-0.2, 0) is 4.74 Å². The summed E-state index contributed by atoms with van der Waals surface area (Å²) in [5.74, 6) is -1.65. The fraction of sp³-hybridized carbons (Fsp3) is 0.444. The lowest BCUT2D eigenvalue weighted by molar-refractivity contribution is 0.150. The van der Waals surface area contributed by atoms with Gasteiger partial charge in [0.2, 0.25) is 0 Å². The van der Waals surface area contributed by atoms with E-state index in [-0.39, 0.29) is 12.6 Å². The first kappa shape index (κ1) is 24.2. The van der Waals surface area contributed by atoms with E-state index >= 15 is 0 Å². The van der Waals surface area contributed by atoms with E-state index < -0.39 is 29.8 Å². The number of ether oxygens (including phenoxy) is 1. The number of amides is 3. The molecule has 1 N–H and O–H groups in total. The van der Waals surface area contributed by atoms with Crippen molar-refractivity contribution >= 4 is 12.1 Å². The lowest BCUT2D eigenvalue weighted by Gasteiger charge is -2.36. The lowest BCUT2D eigenvalue weighted by Crippen LogP contribution is -2.46. The van der Waals surface area contributed by atoms with Gasteiger partial charge in [-0.1, -0.05) is 24.3 Å². The molecule has 2 aromatic rings. The van der Waals surface area contributed by atoms with Gasteiger partial charge >= 0.3 is 12.1 Å². The number of nitrogens with zero attached hydrogens (tertiary/aromatic N) is 3. The average molecular weight is 495 g/mol. The molecule has 2 saturated heterocycles. The first-order valence-electron chi connectivity index (χ1n) is 12.4. The number of likely N-dealkylation sites (tertiary alicyclic amines) is 1. The van der Waals surface area contributed by atoms with Crippen LogP contribution in [0.2, 0.25) is 0 Å². The van der Waals surface area contributed by atoms with E-state index in [1.165, 1.54) is 6.07 Å². The Morgan fingerprint density at radius 1 is 1.06 bits per heavy atom. The number of piperidine rings is 1. The number of benzene rings is 2. The maximum absolute atomic E-state index is 13.7. The van der Waals surface area contributed by atoms with E-state index in [2.05, 4.69) is 22.4 Å². The van der Waals surface area contributed by atoms with Gasteiger partial charge in [-0.05, 0) is 80.4 Å². The lowest BCUT2D eigenvalue weighted by atomic mass is 9.86. The summed E-state index contributed by atoms with van der Waals surface area (Å²) in [4.78, 5) is 28.7. The Balaban J connectivity index is 1.16. The van der Waals surface area contributed by atoms with Gasteiger partial charge in [0.15, 0.2) is 11.6 Å². The quantitative estimate of drug-likeness (QED) is 0.658. The Hall–Kier alpha value is -3.51. The summed E-state index contributed by atoms with van der Waals surface area (Å²) < 4.78 is 32.1. The summed E-state index contributed by atoms with van der Waals surface area (Å²) in [5, 5.41) is 12.4. The smallest absolute Gasteiger partial charge is 0.418 e. The molecule has 36 heavy (non-hydrogen) atoms. The van der Waals surface area contributed by atoms with Crippen molar-refractivity contribution in [1.29, 1.82) is 5.26 Å². The van der Waals surface area contributed by atoms with Gasteiger partial charge < -0.3 is 15.0 Å². The highest BCUT2D eigenvalue weighted by atomic mass is 19.2. The number of imide groups is 1. The molecule has 188 valence electrons. The van der Waals surface area contributed by atoms with E-state index in [1.807, 2.05) is 18.2 Å². The summed E-state index contributed by atoms with van der Waals surface area (Å²) in [6, 6.07) is 12.3. The highest BCUT2D eigenvalue weighted by Crippen LogP contribution is 2.34. The van der Waals surface area contributed by atoms with Crippen molar-refractivity contribution in [3.63, 3.8) is 0 Å². The number of rotatable bonds is 4. The Kier molecular flexibility index (Phi) is 6.88. The number of hydrogen-bond donors (Lipinski definition) is 1. The monoisotopic (exact) mass is 494 g/mol. The first-order valence-corrected chi connectivity index (χ1v) is 12.4. The first-order chi connectivity index (χ1) is 17.4. The van der Waals surface area contributed by atoms with Gasteiger partial charge in [-0.25, -0.2) is 23.3 Å². The average Bonchev–Trinajstić information content (AvgIpc) is 3.52. The highest BCUT2D eigenvalue weighted by molar-refractivity contribution is 5.92.